The number of rotatable bonds is 13. The molecule has 0 fully saturated rings. The predicted molar refractivity (Wildman–Crippen MR) is 175 cm³/mol. The molecule has 0 aliphatic rings. The van der Waals surface area contributed by atoms with Crippen LogP contribution >= 0.6 is 0 Å². The first-order valence-electron chi connectivity index (χ1n) is 16.2. The van der Waals surface area contributed by atoms with Gasteiger partial charge in [-0.15, -0.1) is 0 Å². The van der Waals surface area contributed by atoms with Crippen LogP contribution in [0.5, 0.6) is 0 Å². The van der Waals surface area contributed by atoms with Crippen LogP contribution in [0.25, 0.3) is 11.1 Å². The van der Waals surface area contributed by atoms with E-state index in [4.69, 9.17) is 0 Å². The number of carboxylic acids is 1. The highest BCUT2D eigenvalue weighted by molar-refractivity contribution is 5.82. The third kappa shape index (κ3) is 9.54. The molecule has 3 aromatic rings. The lowest BCUT2D eigenvalue weighted by Crippen LogP contribution is -2.41. The van der Waals surface area contributed by atoms with Crippen LogP contribution in [0.4, 0.5) is 35.1 Å². The smallest absolute Gasteiger partial charge is 0.416 e. The van der Waals surface area contributed by atoms with E-state index >= 15 is 8.78 Å². The van der Waals surface area contributed by atoms with E-state index in [9.17, 15) is 45.8 Å². The summed E-state index contributed by atoms with van der Waals surface area (Å²) in [5.74, 6) is -5.75. The molecule has 0 radical (unpaired) electrons. The van der Waals surface area contributed by atoms with Gasteiger partial charge in [0.2, 0.25) is 5.91 Å². The molecule has 1 heterocycles. The van der Waals surface area contributed by atoms with Crippen LogP contribution in [0.2, 0.25) is 0 Å². The molecule has 15 heteroatoms. The Morgan fingerprint density at radius 3 is 2.08 bits per heavy atom. The second-order valence-corrected chi connectivity index (χ2v) is 13.1. The first-order chi connectivity index (χ1) is 23.5. The van der Waals surface area contributed by atoms with Crippen molar-refractivity contribution in [2.75, 3.05) is 20.1 Å². The van der Waals surface area contributed by atoms with Crippen molar-refractivity contribution in [3.63, 3.8) is 0 Å². The normalized spacial score (nSPS) is 13.5. The lowest BCUT2D eigenvalue weighted by molar-refractivity contribution is -0.139. The van der Waals surface area contributed by atoms with Crippen LogP contribution in [0.3, 0.4) is 0 Å². The van der Waals surface area contributed by atoms with E-state index in [1.165, 1.54) is 13.8 Å². The fraction of sp³-hybridized carbons (Fsp3) is 0.472. The summed E-state index contributed by atoms with van der Waals surface area (Å²) >= 11 is 0. The van der Waals surface area contributed by atoms with Gasteiger partial charge < -0.3 is 19.9 Å². The predicted octanol–water partition coefficient (Wildman–Crippen LogP) is 8.17. The SMILES string of the molecule is CCN(C)CCc1cn(C(CC(C)C)C(=O)N[C@@H](CC(=O)O)c2c(F)c(C)cc(-c3c(C)ccc(C(F)(F)F)c3C)c2F)c(=O)cc1C(F)(F)F. The van der Waals surface area contributed by atoms with Crippen LogP contribution in [0, 0.1) is 38.3 Å². The molecule has 2 aromatic carbocycles. The molecule has 0 spiro atoms. The Balaban J connectivity index is 2.23. The lowest BCUT2D eigenvalue weighted by Gasteiger charge is -2.27. The zero-order valence-electron chi connectivity index (χ0n) is 29.2. The van der Waals surface area contributed by atoms with E-state index in [0.29, 0.717) is 12.6 Å². The Bertz CT molecular complexity index is 1830. The molecule has 0 saturated carbocycles. The number of pyridine rings is 1. The number of halogens is 8. The van der Waals surface area contributed by atoms with Crippen molar-refractivity contribution in [2.24, 2.45) is 5.92 Å². The number of carbonyl (C=O) groups is 2. The average molecular weight is 732 g/mol. The number of aromatic nitrogens is 1. The highest BCUT2D eigenvalue weighted by Crippen LogP contribution is 2.41. The van der Waals surface area contributed by atoms with E-state index < -0.39 is 82.2 Å². The van der Waals surface area contributed by atoms with Crippen LogP contribution < -0.4 is 10.9 Å². The molecule has 1 amide bonds. The Morgan fingerprint density at radius 2 is 1.55 bits per heavy atom. The number of aryl methyl sites for hydroxylation is 2. The minimum absolute atomic E-state index is 0.141. The molecule has 0 bridgehead atoms. The summed E-state index contributed by atoms with van der Waals surface area (Å²) in [4.78, 5) is 40.9. The lowest BCUT2D eigenvalue weighted by atomic mass is 9.87. The Kier molecular flexibility index (Phi) is 12.9. The first kappa shape index (κ1) is 41.2. The van der Waals surface area contributed by atoms with E-state index in [2.05, 4.69) is 5.32 Å². The summed E-state index contributed by atoms with van der Waals surface area (Å²) in [7, 11) is 1.69. The number of hydrogen-bond acceptors (Lipinski definition) is 4. The summed E-state index contributed by atoms with van der Waals surface area (Å²) in [6.45, 7) is 9.55. The van der Waals surface area contributed by atoms with Gasteiger partial charge in [0, 0.05) is 29.9 Å². The zero-order valence-corrected chi connectivity index (χ0v) is 29.2. The molecule has 1 unspecified atom stereocenters. The summed E-state index contributed by atoms with van der Waals surface area (Å²) in [5, 5.41) is 12.0. The van der Waals surface area contributed by atoms with Crippen molar-refractivity contribution in [3.05, 3.63) is 91.4 Å². The number of aliphatic carboxylic acids is 1. The molecule has 0 saturated heterocycles. The van der Waals surface area contributed by atoms with Crippen molar-refractivity contribution >= 4 is 11.9 Å². The molecule has 2 atom stereocenters. The molecule has 3 rings (SSSR count). The molecule has 51 heavy (non-hydrogen) atoms. The molecule has 0 aliphatic carbocycles. The topological polar surface area (TPSA) is 91.6 Å². The zero-order chi connectivity index (χ0) is 38.7. The van der Waals surface area contributed by atoms with Gasteiger partial charge in [-0.05, 0) is 93.1 Å². The Morgan fingerprint density at radius 1 is 0.941 bits per heavy atom. The standard InChI is InChI=1S/C36H41F8N3O4/c1-8-46(7)12-11-22-17-47(28(48)15-25(22)36(42,43)44)27(13-18(2)3)34(51)45-26(16-29(49)50)31-32(37)20(5)14-23(33(31)38)30-19(4)9-10-24(21(30)6)35(39,40)41/h9-10,14-15,17-18,26-27H,8,11-13,16H2,1-7H3,(H,45,51)(H,49,50)/t26-,27?/m0/s1. The molecular formula is C36H41F8N3O4. The number of carbonyl (C=O) groups excluding carboxylic acids is 1. The number of carboxylic acid groups (broad SMARTS) is 1. The van der Waals surface area contributed by atoms with Crippen molar-refractivity contribution < 1.29 is 49.8 Å². The van der Waals surface area contributed by atoms with Gasteiger partial charge in [0.25, 0.3) is 5.56 Å². The Hall–Kier alpha value is -4.27. The molecular weight excluding hydrogens is 690 g/mol. The van der Waals surface area contributed by atoms with Crippen molar-refractivity contribution in [1.82, 2.24) is 14.8 Å². The van der Waals surface area contributed by atoms with E-state index in [-0.39, 0.29) is 53.1 Å². The molecule has 7 nitrogen and oxygen atoms in total. The number of benzene rings is 2. The Labute approximate surface area is 290 Å². The van der Waals surface area contributed by atoms with Crippen molar-refractivity contribution in [3.8, 4) is 11.1 Å². The minimum Gasteiger partial charge on any atom is -0.481 e. The van der Waals surface area contributed by atoms with Gasteiger partial charge in [0.1, 0.15) is 17.7 Å². The fourth-order valence-electron chi connectivity index (χ4n) is 6.08. The van der Waals surface area contributed by atoms with E-state index in [0.717, 1.165) is 35.9 Å². The summed E-state index contributed by atoms with van der Waals surface area (Å²) in [5.41, 5.74) is -5.75. The molecule has 2 N–H and O–H groups in total. The van der Waals surface area contributed by atoms with E-state index in [1.54, 1.807) is 32.7 Å². The van der Waals surface area contributed by atoms with E-state index in [1.807, 2.05) is 0 Å². The number of amides is 1. The van der Waals surface area contributed by atoms with Gasteiger partial charge in [-0.25, -0.2) is 8.78 Å². The third-order valence-electron chi connectivity index (χ3n) is 8.81. The summed E-state index contributed by atoms with van der Waals surface area (Å²) in [6.07, 6.45) is -10.2. The maximum Gasteiger partial charge on any atom is 0.416 e. The number of hydrogen-bond donors (Lipinski definition) is 2. The number of nitrogens with one attached hydrogen (secondary N) is 1. The summed E-state index contributed by atoms with van der Waals surface area (Å²) < 4.78 is 116. The highest BCUT2D eigenvalue weighted by Gasteiger charge is 2.37. The van der Waals surface area contributed by atoms with Crippen LogP contribution in [-0.4, -0.2) is 46.6 Å². The van der Waals surface area contributed by atoms with Gasteiger partial charge >= 0.3 is 18.3 Å². The first-order valence-corrected chi connectivity index (χ1v) is 16.2. The monoisotopic (exact) mass is 731 g/mol. The van der Waals surface area contributed by atoms with Gasteiger partial charge in [-0.3, -0.25) is 14.4 Å². The van der Waals surface area contributed by atoms with Gasteiger partial charge in [-0.2, -0.15) is 26.3 Å². The highest BCUT2D eigenvalue weighted by atomic mass is 19.4. The quantitative estimate of drug-likeness (QED) is 0.173. The van der Waals surface area contributed by atoms with Gasteiger partial charge in [0.05, 0.1) is 23.6 Å². The fourth-order valence-corrected chi connectivity index (χ4v) is 6.08. The van der Waals surface area contributed by atoms with Crippen molar-refractivity contribution in [2.45, 2.75) is 85.2 Å². The third-order valence-corrected chi connectivity index (χ3v) is 8.81. The van der Waals surface area contributed by atoms with Crippen LogP contribution in [0.1, 0.15) is 84.6 Å². The largest absolute Gasteiger partial charge is 0.481 e. The van der Waals surface area contributed by atoms with Crippen molar-refractivity contribution in [1.29, 1.82) is 0 Å². The second-order valence-electron chi connectivity index (χ2n) is 13.1. The number of likely N-dealkylation sites (N-methyl/N-ethyl adjacent to an activating group) is 1. The molecule has 280 valence electrons. The maximum atomic E-state index is 16.5. The summed E-state index contributed by atoms with van der Waals surface area (Å²) in [6, 6.07) is -0.180. The van der Waals surface area contributed by atoms with Crippen LogP contribution in [-0.2, 0) is 28.4 Å². The number of alkyl halides is 6. The molecule has 1 aromatic heterocycles. The minimum atomic E-state index is -4.89. The molecule has 0 aliphatic heterocycles. The van der Waals surface area contributed by atoms with Gasteiger partial charge in [-0.1, -0.05) is 26.8 Å². The second kappa shape index (κ2) is 16.0. The number of nitrogens with zero attached hydrogens (tertiary/aromatic N) is 2. The average Bonchev–Trinajstić information content (AvgIpc) is 2.99. The van der Waals surface area contributed by atoms with Crippen LogP contribution in [0.15, 0.2) is 35.3 Å². The van der Waals surface area contributed by atoms with Gasteiger partial charge in [0.15, 0.2) is 0 Å². The maximum absolute atomic E-state index is 16.5.